The Balaban J connectivity index is 1.37. The summed E-state index contributed by atoms with van der Waals surface area (Å²) in [5.41, 5.74) is 3.27. The zero-order valence-electron chi connectivity index (χ0n) is 13.4. The Morgan fingerprint density at radius 1 is 1.26 bits per heavy atom. The van der Waals surface area contributed by atoms with Crippen molar-refractivity contribution in [3.05, 3.63) is 35.2 Å². The SMILES string of the molecule is Cc1ccc(-c2csc(NC(=O)C[C@@H]3C[C@H]4CC[C@@H]3C4)n2)cc1. The first-order chi connectivity index (χ1) is 11.2. The number of benzene rings is 1. The van der Waals surface area contributed by atoms with Crippen molar-refractivity contribution in [3.63, 3.8) is 0 Å². The Morgan fingerprint density at radius 2 is 2.09 bits per heavy atom. The Hall–Kier alpha value is -1.68. The lowest BCUT2D eigenvalue weighted by Gasteiger charge is -2.20. The standard InChI is InChI=1S/C19H22N2OS/c1-12-2-5-14(6-3-12)17-11-23-19(20-17)21-18(22)10-16-9-13-4-7-15(16)8-13/h2-3,5-6,11,13,15-16H,4,7-10H2,1H3,(H,20,21,22)/t13-,15+,16-/m0/s1. The summed E-state index contributed by atoms with van der Waals surface area (Å²) >= 11 is 1.51. The van der Waals surface area contributed by atoms with Crippen molar-refractivity contribution in [1.82, 2.24) is 4.98 Å². The summed E-state index contributed by atoms with van der Waals surface area (Å²) < 4.78 is 0. The molecule has 1 heterocycles. The molecule has 120 valence electrons. The minimum atomic E-state index is 0.132. The second kappa shape index (κ2) is 6.08. The Labute approximate surface area is 141 Å². The van der Waals surface area contributed by atoms with Crippen molar-refractivity contribution in [3.8, 4) is 11.3 Å². The second-order valence-corrected chi connectivity index (χ2v) is 7.95. The highest BCUT2D eigenvalue weighted by Crippen LogP contribution is 2.49. The molecule has 2 saturated carbocycles. The van der Waals surface area contributed by atoms with Gasteiger partial charge in [0, 0.05) is 17.4 Å². The number of hydrogen-bond acceptors (Lipinski definition) is 3. The fourth-order valence-corrected chi connectivity index (χ4v) is 4.96. The third-order valence-corrected chi connectivity index (χ3v) is 6.19. The summed E-state index contributed by atoms with van der Waals surface area (Å²) in [5, 5.41) is 5.73. The number of hydrogen-bond donors (Lipinski definition) is 1. The van der Waals surface area contributed by atoms with Crippen LogP contribution in [0.2, 0.25) is 0 Å². The van der Waals surface area contributed by atoms with Crippen LogP contribution in [0.4, 0.5) is 5.13 Å². The molecule has 0 saturated heterocycles. The molecule has 0 spiro atoms. The van der Waals surface area contributed by atoms with Gasteiger partial charge in [-0.2, -0.15) is 0 Å². The zero-order valence-corrected chi connectivity index (χ0v) is 14.2. The van der Waals surface area contributed by atoms with Gasteiger partial charge in [0.25, 0.3) is 0 Å². The van der Waals surface area contributed by atoms with Gasteiger partial charge in [-0.25, -0.2) is 4.98 Å². The van der Waals surface area contributed by atoms with E-state index in [0.717, 1.165) is 23.1 Å². The van der Waals surface area contributed by atoms with E-state index in [9.17, 15) is 4.79 Å². The van der Waals surface area contributed by atoms with E-state index in [-0.39, 0.29) is 5.91 Å². The molecule has 2 aromatic rings. The van der Waals surface area contributed by atoms with Crippen LogP contribution >= 0.6 is 11.3 Å². The number of carbonyl (C=O) groups excluding carboxylic acids is 1. The first-order valence-electron chi connectivity index (χ1n) is 8.50. The molecule has 1 aromatic heterocycles. The lowest BCUT2D eigenvalue weighted by molar-refractivity contribution is -0.117. The minimum absolute atomic E-state index is 0.132. The molecule has 4 rings (SSSR count). The fourth-order valence-electron chi connectivity index (χ4n) is 4.22. The molecule has 0 radical (unpaired) electrons. The molecule has 23 heavy (non-hydrogen) atoms. The van der Waals surface area contributed by atoms with E-state index in [2.05, 4.69) is 41.5 Å². The predicted molar refractivity (Wildman–Crippen MR) is 94.5 cm³/mol. The minimum Gasteiger partial charge on any atom is -0.302 e. The van der Waals surface area contributed by atoms with E-state index in [1.807, 2.05) is 5.38 Å². The van der Waals surface area contributed by atoms with Gasteiger partial charge in [0.1, 0.15) is 0 Å². The van der Waals surface area contributed by atoms with Gasteiger partial charge >= 0.3 is 0 Å². The van der Waals surface area contributed by atoms with Crippen molar-refractivity contribution in [2.75, 3.05) is 5.32 Å². The summed E-state index contributed by atoms with van der Waals surface area (Å²) in [5.74, 6) is 2.42. The van der Waals surface area contributed by atoms with Crippen LogP contribution in [0.1, 0.15) is 37.7 Å². The summed E-state index contributed by atoms with van der Waals surface area (Å²) in [6.45, 7) is 2.08. The number of nitrogens with zero attached hydrogens (tertiary/aromatic N) is 1. The molecular weight excluding hydrogens is 304 g/mol. The third-order valence-electron chi connectivity index (χ3n) is 5.43. The molecule has 2 fully saturated rings. The van der Waals surface area contributed by atoms with E-state index in [1.165, 1.54) is 42.6 Å². The Kier molecular flexibility index (Phi) is 3.93. The summed E-state index contributed by atoms with van der Waals surface area (Å²) in [6.07, 6.45) is 5.99. The van der Waals surface area contributed by atoms with E-state index >= 15 is 0 Å². The molecule has 3 nitrogen and oxygen atoms in total. The predicted octanol–water partition coefficient (Wildman–Crippen LogP) is 4.88. The van der Waals surface area contributed by atoms with Crippen LogP contribution in [0, 0.1) is 24.7 Å². The quantitative estimate of drug-likeness (QED) is 0.869. The van der Waals surface area contributed by atoms with Crippen LogP contribution in [0.3, 0.4) is 0 Å². The van der Waals surface area contributed by atoms with Gasteiger partial charge in [-0.3, -0.25) is 4.79 Å². The maximum absolute atomic E-state index is 12.3. The molecule has 1 amide bonds. The lowest BCUT2D eigenvalue weighted by atomic mass is 9.86. The monoisotopic (exact) mass is 326 g/mol. The van der Waals surface area contributed by atoms with Crippen molar-refractivity contribution >= 4 is 22.4 Å². The zero-order chi connectivity index (χ0) is 15.8. The van der Waals surface area contributed by atoms with Crippen molar-refractivity contribution in [2.45, 2.75) is 39.0 Å². The summed E-state index contributed by atoms with van der Waals surface area (Å²) in [7, 11) is 0. The molecule has 3 atom stereocenters. The number of aryl methyl sites for hydroxylation is 1. The van der Waals surface area contributed by atoms with Crippen LogP contribution in [0.15, 0.2) is 29.6 Å². The van der Waals surface area contributed by atoms with Crippen molar-refractivity contribution in [2.24, 2.45) is 17.8 Å². The molecule has 2 aliphatic carbocycles. The normalized spacial score (nSPS) is 25.7. The molecule has 1 N–H and O–H groups in total. The summed E-state index contributed by atoms with van der Waals surface area (Å²) in [6, 6.07) is 8.32. The Morgan fingerprint density at radius 3 is 2.78 bits per heavy atom. The molecular formula is C19H22N2OS. The average molecular weight is 326 g/mol. The van der Waals surface area contributed by atoms with Crippen molar-refractivity contribution in [1.29, 1.82) is 0 Å². The van der Waals surface area contributed by atoms with E-state index in [1.54, 1.807) is 0 Å². The number of thiazole rings is 1. The van der Waals surface area contributed by atoms with Crippen LogP contribution in [-0.4, -0.2) is 10.9 Å². The maximum atomic E-state index is 12.3. The molecule has 4 heteroatoms. The molecule has 1 aromatic carbocycles. The van der Waals surface area contributed by atoms with Gasteiger partial charge in [-0.05, 0) is 43.9 Å². The second-order valence-electron chi connectivity index (χ2n) is 7.09. The van der Waals surface area contributed by atoms with Crippen LogP contribution in [0.25, 0.3) is 11.3 Å². The first-order valence-corrected chi connectivity index (χ1v) is 9.38. The summed E-state index contributed by atoms with van der Waals surface area (Å²) in [4.78, 5) is 16.8. The smallest absolute Gasteiger partial charge is 0.226 e. The fraction of sp³-hybridized carbons (Fsp3) is 0.474. The number of fused-ring (bicyclic) bond motifs is 2. The van der Waals surface area contributed by atoms with Crippen molar-refractivity contribution < 1.29 is 4.79 Å². The van der Waals surface area contributed by atoms with Gasteiger partial charge in [-0.15, -0.1) is 11.3 Å². The first kappa shape index (κ1) is 14.9. The third kappa shape index (κ3) is 3.18. The number of amides is 1. The highest BCUT2D eigenvalue weighted by molar-refractivity contribution is 7.14. The number of rotatable bonds is 4. The van der Waals surface area contributed by atoms with E-state index in [4.69, 9.17) is 0 Å². The maximum Gasteiger partial charge on any atom is 0.226 e. The van der Waals surface area contributed by atoms with Gasteiger partial charge < -0.3 is 5.32 Å². The average Bonchev–Trinajstić information content (AvgIpc) is 3.24. The number of carbonyl (C=O) groups is 1. The molecule has 0 unspecified atom stereocenters. The largest absolute Gasteiger partial charge is 0.302 e. The van der Waals surface area contributed by atoms with Gasteiger partial charge in [0.05, 0.1) is 5.69 Å². The molecule has 2 aliphatic rings. The highest BCUT2D eigenvalue weighted by Gasteiger charge is 2.40. The van der Waals surface area contributed by atoms with E-state index in [0.29, 0.717) is 17.5 Å². The number of aromatic nitrogens is 1. The van der Waals surface area contributed by atoms with Crippen LogP contribution in [0.5, 0.6) is 0 Å². The van der Waals surface area contributed by atoms with Gasteiger partial charge in [0.15, 0.2) is 5.13 Å². The van der Waals surface area contributed by atoms with E-state index < -0.39 is 0 Å². The number of nitrogens with one attached hydrogen (secondary N) is 1. The topological polar surface area (TPSA) is 42.0 Å². The molecule has 2 bridgehead atoms. The van der Waals surface area contributed by atoms with Gasteiger partial charge in [-0.1, -0.05) is 36.2 Å². The number of anilines is 1. The lowest BCUT2D eigenvalue weighted by Crippen LogP contribution is -2.20. The highest BCUT2D eigenvalue weighted by atomic mass is 32.1. The van der Waals surface area contributed by atoms with Gasteiger partial charge in [0.2, 0.25) is 5.91 Å². The Bertz CT molecular complexity index is 706. The van der Waals surface area contributed by atoms with Crippen LogP contribution < -0.4 is 5.32 Å². The molecule has 0 aliphatic heterocycles. The van der Waals surface area contributed by atoms with Crippen LogP contribution in [-0.2, 0) is 4.79 Å².